The zero-order chi connectivity index (χ0) is 40.9. The number of carbonyl (C=O) groups excluding carboxylic acids is 5. The maximum absolute atomic E-state index is 14.7. The van der Waals surface area contributed by atoms with Crippen molar-refractivity contribution in [2.45, 2.75) is 101 Å². The highest BCUT2D eigenvalue weighted by atomic mass is 35.5. The third-order valence-corrected chi connectivity index (χ3v) is 14.3. The minimum absolute atomic E-state index is 0.114. The van der Waals surface area contributed by atoms with E-state index in [1.54, 1.807) is 49.3 Å². The van der Waals surface area contributed by atoms with Gasteiger partial charge in [-0.3, -0.25) is 23.9 Å². The Morgan fingerprint density at radius 3 is 2.54 bits per heavy atom. The summed E-state index contributed by atoms with van der Waals surface area (Å²) in [4.78, 5) is 77.7. The standard InChI is InChI=1S/C39H49ClN6O9S2/c1-38(2,3)55-37(51)42-28-11-9-7-5-6-8-10-24-17-39(24,36(50)44-57(52,53)25-13-14-25)43-32(47)31-26-20-45(18-23(26)19-46(31)35(28)49)34(48)29-21-56-33(41-29)22-12-15-30(54-4)27(40)16-22/h8,10,12,15-16,21,23-26,28,31H,5-7,9,11,13-14,17-20H2,1-4H3,(H,42,51)(H,43,47)(H,44,50)/b10-8-/t23-,24+,26-,28-,31-,39-/m0/s1. The molecule has 7 rings (SSSR count). The van der Waals surface area contributed by atoms with Crippen LogP contribution in [0.2, 0.25) is 5.02 Å². The van der Waals surface area contributed by atoms with E-state index in [1.807, 2.05) is 12.2 Å². The third-order valence-electron chi connectivity index (χ3n) is 11.3. The van der Waals surface area contributed by atoms with Crippen molar-refractivity contribution in [3.8, 4) is 16.3 Å². The second-order valence-electron chi connectivity index (χ2n) is 16.7. The van der Waals surface area contributed by atoms with E-state index in [1.165, 1.54) is 23.3 Å². The van der Waals surface area contributed by atoms with Crippen LogP contribution in [0, 0.1) is 17.8 Å². The van der Waals surface area contributed by atoms with Gasteiger partial charge in [-0.05, 0) is 77.5 Å². The van der Waals surface area contributed by atoms with Crippen LogP contribution in [-0.4, -0.2) is 108 Å². The van der Waals surface area contributed by atoms with E-state index in [0.717, 1.165) is 18.4 Å². The van der Waals surface area contributed by atoms with E-state index in [-0.39, 0.29) is 43.6 Å². The Bertz CT molecular complexity index is 2080. The van der Waals surface area contributed by atoms with Crippen molar-refractivity contribution in [3.05, 3.63) is 46.4 Å². The lowest BCUT2D eigenvalue weighted by Crippen LogP contribution is -2.60. The zero-order valence-corrected chi connectivity index (χ0v) is 34.8. The number of hydrogen-bond acceptors (Lipinski definition) is 11. The first-order valence-corrected chi connectivity index (χ1v) is 22.2. The van der Waals surface area contributed by atoms with E-state index in [9.17, 15) is 32.4 Å². The van der Waals surface area contributed by atoms with Crippen molar-refractivity contribution in [2.75, 3.05) is 26.7 Å². The number of methoxy groups -OCH3 is 1. The first-order valence-electron chi connectivity index (χ1n) is 19.4. The highest BCUT2D eigenvalue weighted by Gasteiger charge is 2.63. The van der Waals surface area contributed by atoms with Gasteiger partial charge >= 0.3 is 6.09 Å². The van der Waals surface area contributed by atoms with Gasteiger partial charge in [0.1, 0.15) is 39.7 Å². The number of alkyl carbamates (subject to hydrolysis) is 1. The molecule has 0 bridgehead atoms. The molecule has 0 radical (unpaired) electrons. The van der Waals surface area contributed by atoms with E-state index in [4.69, 9.17) is 21.1 Å². The number of sulfonamides is 1. The fourth-order valence-corrected chi connectivity index (χ4v) is 10.6. The normalized spacial score (nSPS) is 28.5. The molecule has 4 heterocycles. The average molecular weight is 845 g/mol. The highest BCUT2D eigenvalue weighted by Crippen LogP contribution is 2.47. The van der Waals surface area contributed by atoms with Crippen molar-refractivity contribution < 1.29 is 41.9 Å². The summed E-state index contributed by atoms with van der Waals surface area (Å²) in [7, 11) is -2.40. The van der Waals surface area contributed by atoms with Gasteiger partial charge in [-0.1, -0.05) is 36.6 Å². The second kappa shape index (κ2) is 15.9. The lowest BCUT2D eigenvalue weighted by Gasteiger charge is -2.33. The van der Waals surface area contributed by atoms with Crippen LogP contribution in [-0.2, 0) is 29.1 Å². The number of ether oxygens (including phenoxy) is 2. The van der Waals surface area contributed by atoms with Gasteiger partial charge in [-0.2, -0.15) is 0 Å². The number of hydrogen-bond donors (Lipinski definition) is 3. The molecule has 18 heteroatoms. The first-order chi connectivity index (χ1) is 27.0. The molecule has 2 saturated carbocycles. The topological polar surface area (TPSA) is 193 Å². The van der Waals surface area contributed by atoms with Crippen molar-refractivity contribution in [2.24, 2.45) is 17.8 Å². The fourth-order valence-electron chi connectivity index (χ4n) is 8.15. The molecule has 3 aliphatic heterocycles. The number of aromatic nitrogens is 1. The Hall–Kier alpha value is -4.22. The molecule has 0 spiro atoms. The maximum Gasteiger partial charge on any atom is 0.408 e. The second-order valence-corrected chi connectivity index (χ2v) is 19.9. The third kappa shape index (κ3) is 8.80. The van der Waals surface area contributed by atoms with E-state index >= 15 is 0 Å². The molecule has 57 heavy (non-hydrogen) atoms. The molecular weight excluding hydrogens is 796 g/mol. The molecule has 3 N–H and O–H groups in total. The average Bonchev–Trinajstić information content (AvgIpc) is 3.96. The Labute approximate surface area is 341 Å². The molecule has 6 atom stereocenters. The molecule has 4 fully saturated rings. The summed E-state index contributed by atoms with van der Waals surface area (Å²) in [6, 6.07) is 3.11. The number of rotatable bonds is 7. The van der Waals surface area contributed by atoms with Gasteiger partial charge in [-0.25, -0.2) is 18.2 Å². The zero-order valence-electron chi connectivity index (χ0n) is 32.4. The summed E-state index contributed by atoms with van der Waals surface area (Å²) in [5.41, 5.74) is -1.41. The Kier molecular flexibility index (Phi) is 11.4. The van der Waals surface area contributed by atoms with Gasteiger partial charge in [-0.15, -0.1) is 11.3 Å². The van der Waals surface area contributed by atoms with E-state index < -0.39 is 74.1 Å². The van der Waals surface area contributed by atoms with Crippen LogP contribution in [0.5, 0.6) is 5.75 Å². The van der Waals surface area contributed by atoms with Gasteiger partial charge < -0.3 is 29.9 Å². The summed E-state index contributed by atoms with van der Waals surface area (Å²) < 4.78 is 38.8. The SMILES string of the molecule is COc1ccc(-c2nc(C(=O)N3C[C@H]4CN5C(=O)[C@@H](NC(=O)OC(C)(C)C)CCCCC/C=C\[C@@H]6C[C@]6(C(=O)NS(=O)(=O)C6CC6)NC(=O)[C@@H]5[C@H]4C3)cs2)cc1Cl. The largest absolute Gasteiger partial charge is 0.495 e. The minimum atomic E-state index is -3.92. The van der Waals surface area contributed by atoms with Crippen LogP contribution in [0.15, 0.2) is 35.7 Å². The number of fused-ring (bicyclic) bond motifs is 4. The Morgan fingerprint density at radius 1 is 1.07 bits per heavy atom. The molecule has 0 unspecified atom stereocenters. The number of nitrogens with one attached hydrogen (secondary N) is 3. The number of benzene rings is 1. The molecule has 15 nitrogen and oxygen atoms in total. The van der Waals surface area contributed by atoms with Crippen LogP contribution < -0.4 is 20.1 Å². The fraction of sp³-hybridized carbons (Fsp3) is 0.590. The quantitative estimate of drug-likeness (QED) is 0.339. The molecule has 5 amide bonds. The van der Waals surface area contributed by atoms with E-state index in [2.05, 4.69) is 20.3 Å². The van der Waals surface area contributed by atoms with Crippen molar-refractivity contribution in [1.29, 1.82) is 0 Å². The predicted molar refractivity (Wildman–Crippen MR) is 212 cm³/mol. The van der Waals surface area contributed by atoms with Gasteiger partial charge in [0.2, 0.25) is 21.8 Å². The maximum atomic E-state index is 14.7. The molecule has 5 aliphatic rings. The molecule has 1 aromatic heterocycles. The predicted octanol–water partition coefficient (Wildman–Crippen LogP) is 4.27. The number of amides is 5. The highest BCUT2D eigenvalue weighted by molar-refractivity contribution is 7.91. The first kappa shape index (κ1) is 41.0. The van der Waals surface area contributed by atoms with Crippen molar-refractivity contribution in [1.82, 2.24) is 30.1 Å². The van der Waals surface area contributed by atoms with Crippen LogP contribution in [0.3, 0.4) is 0 Å². The van der Waals surface area contributed by atoms with Gasteiger partial charge in [0.15, 0.2) is 0 Å². The van der Waals surface area contributed by atoms with Gasteiger partial charge in [0.05, 0.1) is 17.4 Å². The molecule has 2 saturated heterocycles. The number of halogens is 1. The number of allylic oxidation sites excluding steroid dienone is 1. The Balaban J connectivity index is 1.16. The number of likely N-dealkylation sites (tertiary alicyclic amines) is 1. The van der Waals surface area contributed by atoms with Gasteiger partial charge in [0, 0.05) is 48.3 Å². The van der Waals surface area contributed by atoms with Gasteiger partial charge in [0.25, 0.3) is 11.8 Å². The number of nitrogens with zero attached hydrogens (tertiary/aromatic N) is 3. The summed E-state index contributed by atoms with van der Waals surface area (Å²) in [5.74, 6) is -3.02. The van der Waals surface area contributed by atoms with Crippen molar-refractivity contribution >= 4 is 62.7 Å². The minimum Gasteiger partial charge on any atom is -0.495 e. The van der Waals surface area contributed by atoms with Crippen molar-refractivity contribution in [3.63, 3.8) is 0 Å². The Morgan fingerprint density at radius 2 is 1.84 bits per heavy atom. The summed E-state index contributed by atoms with van der Waals surface area (Å²) in [5, 5.41) is 7.68. The monoisotopic (exact) mass is 844 g/mol. The lowest BCUT2D eigenvalue weighted by atomic mass is 9.93. The molecular formula is C39H49ClN6O9S2. The molecule has 308 valence electrons. The molecule has 2 aliphatic carbocycles. The van der Waals surface area contributed by atoms with E-state index in [0.29, 0.717) is 47.9 Å². The number of thiazole rings is 1. The smallest absolute Gasteiger partial charge is 0.408 e. The summed E-state index contributed by atoms with van der Waals surface area (Å²) in [6.45, 7) is 5.64. The van der Waals surface area contributed by atoms with Crippen LogP contribution in [0.25, 0.3) is 10.6 Å². The molecule has 1 aromatic carbocycles. The summed E-state index contributed by atoms with van der Waals surface area (Å²) >= 11 is 7.63. The van der Waals surface area contributed by atoms with Crippen LogP contribution in [0.1, 0.15) is 82.6 Å². The number of carbonyl (C=O) groups is 5. The van der Waals surface area contributed by atoms with Crippen LogP contribution >= 0.6 is 22.9 Å². The molecule has 2 aromatic rings. The van der Waals surface area contributed by atoms with Crippen LogP contribution in [0.4, 0.5) is 4.79 Å². The summed E-state index contributed by atoms with van der Waals surface area (Å²) in [6.07, 6.45) is 7.29. The lowest BCUT2D eigenvalue weighted by molar-refractivity contribution is -0.142.